The summed E-state index contributed by atoms with van der Waals surface area (Å²) in [5, 5.41) is 6.18. The van der Waals surface area contributed by atoms with Crippen molar-refractivity contribution in [2.75, 3.05) is 20.6 Å². The molecule has 0 aliphatic rings. The van der Waals surface area contributed by atoms with Crippen molar-refractivity contribution in [3.05, 3.63) is 0 Å². The average molecular weight is 178 g/mol. The van der Waals surface area contributed by atoms with Gasteiger partial charge in [0.15, 0.2) is 0 Å². The molecule has 0 aliphatic carbocycles. The molecule has 0 amide bonds. The van der Waals surface area contributed by atoms with Crippen molar-refractivity contribution in [2.24, 2.45) is 0 Å². The molecule has 0 spiro atoms. The zero-order chi connectivity index (χ0) is 9.82. The first-order chi connectivity index (χ1) is 5.72. The number of hydrogen-bond donors (Lipinski definition) is 2. The predicted molar refractivity (Wildman–Crippen MR) is 61.9 cm³/mol. The molecule has 0 saturated carbocycles. The summed E-state index contributed by atoms with van der Waals surface area (Å²) >= 11 is 0. The van der Waals surface area contributed by atoms with E-state index in [9.17, 15) is 0 Å². The van der Waals surface area contributed by atoms with Gasteiger partial charge in [-0.2, -0.15) is 0 Å². The first-order valence-corrected chi connectivity index (χ1v) is 5.04. The average Bonchev–Trinajstić information content (AvgIpc) is 2.14. The van der Waals surface area contributed by atoms with Gasteiger partial charge in [0.1, 0.15) is 0 Å². The summed E-state index contributed by atoms with van der Waals surface area (Å²) in [6.45, 7) is 7.69. The van der Waals surface area contributed by atoms with Crippen molar-refractivity contribution in [2.45, 2.75) is 46.1 Å². The van der Waals surface area contributed by atoms with Crippen molar-refractivity contribution < 1.29 is 2.85 Å². The van der Waals surface area contributed by atoms with Crippen LogP contribution in [0.5, 0.6) is 0 Å². The lowest BCUT2D eigenvalue weighted by Gasteiger charge is -2.02. The monoisotopic (exact) mass is 178 g/mol. The molecule has 0 bridgehead atoms. The Bertz CT molecular complexity index is 65.1. The molecular formula is C10H30N2. The van der Waals surface area contributed by atoms with Gasteiger partial charge in [-0.25, -0.2) is 0 Å². The Balaban J connectivity index is -0.0000000625. The van der Waals surface area contributed by atoms with E-state index >= 15 is 0 Å². The highest BCUT2D eigenvalue weighted by Gasteiger charge is 1.86. The molecule has 0 aromatic rings. The molecule has 0 aromatic carbocycles. The second kappa shape index (κ2) is 13.5. The lowest BCUT2D eigenvalue weighted by molar-refractivity contribution is 0.593. The summed E-state index contributed by atoms with van der Waals surface area (Å²) < 4.78 is 0. The SMILES string of the molecule is CCC(C)NC.CCCCNC.[HH].[HH]. The van der Waals surface area contributed by atoms with Crippen LogP contribution < -0.4 is 10.6 Å². The van der Waals surface area contributed by atoms with Crippen LogP contribution in [0.3, 0.4) is 0 Å². The van der Waals surface area contributed by atoms with Crippen LogP contribution in [0.25, 0.3) is 0 Å². The van der Waals surface area contributed by atoms with E-state index in [2.05, 4.69) is 31.4 Å². The number of unbranched alkanes of at least 4 members (excludes halogenated alkanes) is 1. The molecular weight excluding hydrogens is 148 g/mol. The molecule has 2 nitrogen and oxygen atoms in total. The minimum absolute atomic E-state index is 0. The molecule has 0 rings (SSSR count). The Labute approximate surface area is 81.1 Å². The summed E-state index contributed by atoms with van der Waals surface area (Å²) in [6.07, 6.45) is 3.81. The van der Waals surface area contributed by atoms with Gasteiger partial charge in [-0.15, -0.1) is 0 Å². The lowest BCUT2D eigenvalue weighted by atomic mass is 10.3. The molecule has 0 saturated heterocycles. The molecule has 0 heterocycles. The topological polar surface area (TPSA) is 24.1 Å². The highest BCUT2D eigenvalue weighted by atomic mass is 14.8. The van der Waals surface area contributed by atoms with Crippen molar-refractivity contribution >= 4 is 0 Å². The first-order valence-electron chi connectivity index (χ1n) is 5.04. The van der Waals surface area contributed by atoms with Gasteiger partial charge in [0.25, 0.3) is 0 Å². The lowest BCUT2D eigenvalue weighted by Crippen LogP contribution is -2.19. The van der Waals surface area contributed by atoms with E-state index in [0.29, 0.717) is 6.04 Å². The number of hydrogen-bond acceptors (Lipinski definition) is 2. The maximum atomic E-state index is 3.11. The molecule has 0 fully saturated rings. The van der Waals surface area contributed by atoms with E-state index in [4.69, 9.17) is 0 Å². The molecule has 80 valence electrons. The van der Waals surface area contributed by atoms with E-state index in [-0.39, 0.29) is 2.85 Å². The summed E-state index contributed by atoms with van der Waals surface area (Å²) in [6, 6.07) is 0.685. The Hall–Kier alpha value is -0.0800. The van der Waals surface area contributed by atoms with E-state index in [1.54, 1.807) is 0 Å². The predicted octanol–water partition coefficient (Wildman–Crippen LogP) is 2.50. The quantitative estimate of drug-likeness (QED) is 0.632. The molecule has 12 heavy (non-hydrogen) atoms. The number of rotatable bonds is 5. The molecule has 0 aliphatic heterocycles. The molecule has 1 atom stereocenters. The van der Waals surface area contributed by atoms with Gasteiger partial charge in [0.2, 0.25) is 0 Å². The fourth-order valence-electron chi connectivity index (χ4n) is 0.558. The highest BCUT2D eigenvalue weighted by molar-refractivity contribution is 4.49. The third kappa shape index (κ3) is 16.5. The molecule has 2 N–H and O–H groups in total. The largest absolute Gasteiger partial charge is 0.320 e. The maximum absolute atomic E-state index is 3.11. The van der Waals surface area contributed by atoms with Crippen molar-refractivity contribution in [1.29, 1.82) is 0 Å². The highest BCUT2D eigenvalue weighted by Crippen LogP contribution is 1.82. The Morgan fingerprint density at radius 2 is 1.83 bits per heavy atom. The zero-order valence-electron chi connectivity index (χ0n) is 9.41. The van der Waals surface area contributed by atoms with Gasteiger partial charge in [-0.3, -0.25) is 0 Å². The molecule has 1 unspecified atom stereocenters. The van der Waals surface area contributed by atoms with Crippen LogP contribution in [0, 0.1) is 0 Å². The summed E-state index contributed by atoms with van der Waals surface area (Å²) in [4.78, 5) is 0. The van der Waals surface area contributed by atoms with Crippen molar-refractivity contribution in [3.8, 4) is 0 Å². The Morgan fingerprint density at radius 3 is 1.92 bits per heavy atom. The minimum atomic E-state index is 0. The van der Waals surface area contributed by atoms with E-state index in [0.717, 1.165) is 6.54 Å². The summed E-state index contributed by atoms with van der Waals surface area (Å²) in [5.41, 5.74) is 0. The van der Waals surface area contributed by atoms with Gasteiger partial charge in [0, 0.05) is 8.90 Å². The Morgan fingerprint density at radius 1 is 1.25 bits per heavy atom. The third-order valence-corrected chi connectivity index (χ3v) is 1.89. The van der Waals surface area contributed by atoms with Crippen LogP contribution in [-0.2, 0) is 0 Å². The van der Waals surface area contributed by atoms with Crippen LogP contribution in [-0.4, -0.2) is 26.7 Å². The van der Waals surface area contributed by atoms with E-state index < -0.39 is 0 Å². The summed E-state index contributed by atoms with van der Waals surface area (Å²) in [5.74, 6) is 0. The van der Waals surface area contributed by atoms with Crippen molar-refractivity contribution in [3.63, 3.8) is 0 Å². The van der Waals surface area contributed by atoms with Crippen LogP contribution in [0.4, 0.5) is 0 Å². The second-order valence-electron chi connectivity index (χ2n) is 3.06. The fourth-order valence-corrected chi connectivity index (χ4v) is 0.558. The van der Waals surface area contributed by atoms with Gasteiger partial charge < -0.3 is 10.6 Å². The maximum Gasteiger partial charge on any atom is 0.00331 e. The van der Waals surface area contributed by atoms with Crippen LogP contribution >= 0.6 is 0 Å². The number of nitrogens with one attached hydrogen (secondary N) is 2. The minimum Gasteiger partial charge on any atom is -0.320 e. The van der Waals surface area contributed by atoms with Gasteiger partial charge in [-0.1, -0.05) is 20.3 Å². The second-order valence-corrected chi connectivity index (χ2v) is 3.06. The molecule has 2 heteroatoms. The first kappa shape index (κ1) is 14.4. The molecule has 0 radical (unpaired) electrons. The standard InChI is InChI=1S/2C5H13N.2H2/c1-4-5(2)6-3;1-3-4-5-6-2;;/h5-6H,4H2,1-3H3;6H,3-5H2,1-2H3;2*1H. The fraction of sp³-hybridized carbons (Fsp3) is 1.00. The zero-order valence-corrected chi connectivity index (χ0v) is 9.41. The van der Waals surface area contributed by atoms with Crippen LogP contribution in [0.2, 0.25) is 0 Å². The smallest absolute Gasteiger partial charge is 0.00331 e. The van der Waals surface area contributed by atoms with Gasteiger partial charge in [0.05, 0.1) is 0 Å². The Kier molecular flexibility index (Phi) is 16.3. The van der Waals surface area contributed by atoms with Crippen LogP contribution in [0.15, 0.2) is 0 Å². The normalized spacial score (nSPS) is 11.8. The van der Waals surface area contributed by atoms with Crippen LogP contribution in [0.1, 0.15) is 42.9 Å². The third-order valence-electron chi connectivity index (χ3n) is 1.89. The van der Waals surface area contributed by atoms with Gasteiger partial charge in [-0.05, 0) is 40.4 Å². The molecule has 0 aromatic heterocycles. The summed E-state index contributed by atoms with van der Waals surface area (Å²) in [7, 11) is 3.96. The van der Waals surface area contributed by atoms with E-state index in [1.165, 1.54) is 19.3 Å². The van der Waals surface area contributed by atoms with Gasteiger partial charge >= 0.3 is 0 Å². The van der Waals surface area contributed by atoms with Crippen molar-refractivity contribution in [1.82, 2.24) is 10.6 Å². The van der Waals surface area contributed by atoms with E-state index in [1.807, 2.05) is 14.1 Å².